The number of fused-ring (bicyclic) bond motifs is 1. The van der Waals surface area contributed by atoms with Crippen molar-refractivity contribution < 1.29 is 13.9 Å². The first-order valence-corrected chi connectivity index (χ1v) is 12.2. The Labute approximate surface area is 204 Å². The van der Waals surface area contributed by atoms with Crippen LogP contribution in [0.2, 0.25) is 0 Å². The molecule has 2 fully saturated rings. The molecule has 2 aromatic carbocycles. The molecule has 2 aliphatic rings. The molecule has 1 unspecified atom stereocenters. The topological polar surface area (TPSA) is 67.6 Å². The number of aryl methyl sites for hydroxylation is 1. The van der Waals surface area contributed by atoms with Crippen molar-refractivity contribution in [1.82, 2.24) is 15.2 Å². The Morgan fingerprint density at radius 1 is 1.20 bits per heavy atom. The fraction of sp³-hybridized carbons (Fsp3) is 0.310. The summed E-state index contributed by atoms with van der Waals surface area (Å²) in [4.78, 5) is 20.4. The number of hydrogen-bond acceptors (Lipinski definition) is 5. The second-order valence-corrected chi connectivity index (χ2v) is 9.82. The molecule has 3 heterocycles. The van der Waals surface area contributed by atoms with Gasteiger partial charge in [-0.3, -0.25) is 14.7 Å². The number of nitrogens with one attached hydrogen (secondary N) is 1. The van der Waals surface area contributed by atoms with Gasteiger partial charge in [0.1, 0.15) is 18.1 Å². The van der Waals surface area contributed by atoms with E-state index in [0.717, 1.165) is 64.9 Å². The average Bonchev–Trinajstić information content (AvgIpc) is 3.42. The van der Waals surface area contributed by atoms with Crippen LogP contribution in [0.25, 0.3) is 22.2 Å². The van der Waals surface area contributed by atoms with Crippen LogP contribution in [0, 0.1) is 6.92 Å². The summed E-state index contributed by atoms with van der Waals surface area (Å²) in [5, 5.41) is 4.42. The highest BCUT2D eigenvalue weighted by Gasteiger charge is 2.47. The van der Waals surface area contributed by atoms with E-state index in [-0.39, 0.29) is 5.91 Å². The number of carbonyl (C=O) groups excluding carboxylic acids is 1. The summed E-state index contributed by atoms with van der Waals surface area (Å²) in [7, 11) is 2.11. The van der Waals surface area contributed by atoms with E-state index in [1.54, 1.807) is 12.5 Å². The van der Waals surface area contributed by atoms with E-state index in [9.17, 15) is 4.79 Å². The molecule has 0 bridgehead atoms. The van der Waals surface area contributed by atoms with Gasteiger partial charge in [0, 0.05) is 28.8 Å². The van der Waals surface area contributed by atoms with Gasteiger partial charge in [0.25, 0.3) is 5.91 Å². The summed E-state index contributed by atoms with van der Waals surface area (Å²) in [6, 6.07) is 18.3. The SMILES string of the molecule is Cc1ccc(OCC2CCN2C)cc1C(=O)NC1(c2cc(-c3ccco3)cc3ncccc23)CC1. The average molecular weight is 468 g/mol. The van der Waals surface area contributed by atoms with Crippen LogP contribution in [0.3, 0.4) is 0 Å². The lowest BCUT2D eigenvalue weighted by Gasteiger charge is -2.37. The van der Waals surface area contributed by atoms with Gasteiger partial charge in [0.2, 0.25) is 0 Å². The summed E-state index contributed by atoms with van der Waals surface area (Å²) < 4.78 is 11.7. The van der Waals surface area contributed by atoms with Crippen molar-refractivity contribution in [3.63, 3.8) is 0 Å². The third-order valence-electron chi connectivity index (χ3n) is 7.48. The molecular weight excluding hydrogens is 438 g/mol. The molecule has 4 aromatic rings. The molecule has 1 atom stereocenters. The highest BCUT2D eigenvalue weighted by molar-refractivity contribution is 5.98. The predicted octanol–water partition coefficient (Wildman–Crippen LogP) is 5.31. The van der Waals surface area contributed by atoms with Gasteiger partial charge in [0.05, 0.1) is 17.3 Å². The zero-order chi connectivity index (χ0) is 24.0. The van der Waals surface area contributed by atoms with Crippen LogP contribution in [-0.4, -0.2) is 42.0 Å². The second kappa shape index (κ2) is 8.54. The molecular formula is C29H29N3O3. The van der Waals surface area contributed by atoms with E-state index in [0.29, 0.717) is 18.2 Å². The first-order valence-electron chi connectivity index (χ1n) is 12.2. The number of amides is 1. The summed E-state index contributed by atoms with van der Waals surface area (Å²) >= 11 is 0. The maximum Gasteiger partial charge on any atom is 0.252 e. The van der Waals surface area contributed by atoms with Gasteiger partial charge in [0.15, 0.2) is 0 Å². The molecule has 35 heavy (non-hydrogen) atoms. The van der Waals surface area contributed by atoms with Gasteiger partial charge < -0.3 is 14.5 Å². The summed E-state index contributed by atoms with van der Waals surface area (Å²) in [6.07, 6.45) is 6.39. The van der Waals surface area contributed by atoms with Gasteiger partial charge in [-0.15, -0.1) is 0 Å². The first-order chi connectivity index (χ1) is 17.0. The Kier molecular flexibility index (Phi) is 5.33. The Morgan fingerprint density at radius 3 is 2.80 bits per heavy atom. The van der Waals surface area contributed by atoms with Crippen molar-refractivity contribution in [3.05, 3.63) is 83.7 Å². The van der Waals surface area contributed by atoms with Gasteiger partial charge in [-0.05, 0) is 93.4 Å². The Hall–Kier alpha value is -3.64. The van der Waals surface area contributed by atoms with E-state index in [1.165, 1.54) is 0 Å². The van der Waals surface area contributed by atoms with Crippen LogP contribution in [0.5, 0.6) is 5.75 Å². The minimum absolute atomic E-state index is 0.0772. The van der Waals surface area contributed by atoms with Crippen molar-refractivity contribution in [2.45, 2.75) is 37.8 Å². The van der Waals surface area contributed by atoms with Crippen LogP contribution in [-0.2, 0) is 5.54 Å². The summed E-state index contributed by atoms with van der Waals surface area (Å²) in [5.41, 5.74) is 4.11. The molecule has 0 spiro atoms. The van der Waals surface area contributed by atoms with Crippen LogP contribution < -0.4 is 10.1 Å². The number of rotatable bonds is 7. The third kappa shape index (κ3) is 4.08. The summed E-state index contributed by atoms with van der Waals surface area (Å²) in [6.45, 7) is 3.72. The van der Waals surface area contributed by atoms with Gasteiger partial charge in [-0.25, -0.2) is 0 Å². The number of likely N-dealkylation sites (tertiary alicyclic amines) is 1. The number of furan rings is 1. The third-order valence-corrected chi connectivity index (χ3v) is 7.48. The Morgan fingerprint density at radius 2 is 2.09 bits per heavy atom. The zero-order valence-corrected chi connectivity index (χ0v) is 20.1. The van der Waals surface area contributed by atoms with Crippen LogP contribution in [0.15, 0.2) is 71.5 Å². The number of aromatic nitrogens is 1. The van der Waals surface area contributed by atoms with E-state index >= 15 is 0 Å². The monoisotopic (exact) mass is 467 g/mol. The van der Waals surface area contributed by atoms with Gasteiger partial charge in [-0.1, -0.05) is 12.1 Å². The quantitative estimate of drug-likeness (QED) is 0.399. The number of hydrogen-bond donors (Lipinski definition) is 1. The second-order valence-electron chi connectivity index (χ2n) is 9.82. The van der Waals surface area contributed by atoms with Gasteiger partial charge >= 0.3 is 0 Å². The first kappa shape index (κ1) is 21.9. The summed E-state index contributed by atoms with van der Waals surface area (Å²) in [5.74, 6) is 1.45. The molecule has 178 valence electrons. The van der Waals surface area contributed by atoms with E-state index in [1.807, 2.05) is 49.4 Å². The minimum Gasteiger partial charge on any atom is -0.492 e. The number of benzene rings is 2. The normalized spacial score (nSPS) is 18.7. The lowest BCUT2D eigenvalue weighted by Crippen LogP contribution is -2.48. The largest absolute Gasteiger partial charge is 0.492 e. The molecule has 1 aliphatic carbocycles. The highest BCUT2D eigenvalue weighted by Crippen LogP contribution is 2.49. The molecule has 1 aliphatic heterocycles. The number of carbonyl (C=O) groups is 1. The highest BCUT2D eigenvalue weighted by atomic mass is 16.5. The van der Waals surface area contributed by atoms with Crippen molar-refractivity contribution in [1.29, 1.82) is 0 Å². The molecule has 6 rings (SSSR count). The van der Waals surface area contributed by atoms with Crippen LogP contribution in [0.4, 0.5) is 0 Å². The number of pyridine rings is 1. The lowest BCUT2D eigenvalue weighted by molar-refractivity contribution is 0.0767. The van der Waals surface area contributed by atoms with Crippen molar-refractivity contribution in [2.24, 2.45) is 0 Å². The maximum atomic E-state index is 13.5. The zero-order valence-electron chi connectivity index (χ0n) is 20.1. The molecule has 2 aromatic heterocycles. The lowest BCUT2D eigenvalue weighted by atomic mass is 9.95. The van der Waals surface area contributed by atoms with Crippen LogP contribution >= 0.6 is 0 Å². The number of nitrogens with zero attached hydrogens (tertiary/aromatic N) is 2. The van der Waals surface area contributed by atoms with Crippen molar-refractivity contribution in [2.75, 3.05) is 20.2 Å². The Bertz CT molecular complexity index is 1390. The maximum absolute atomic E-state index is 13.5. The molecule has 6 heteroatoms. The van der Waals surface area contributed by atoms with Crippen molar-refractivity contribution in [3.8, 4) is 17.1 Å². The van der Waals surface area contributed by atoms with E-state index in [2.05, 4.69) is 34.4 Å². The smallest absolute Gasteiger partial charge is 0.252 e. The molecule has 1 N–H and O–H groups in total. The molecule has 1 amide bonds. The number of ether oxygens (including phenoxy) is 1. The predicted molar refractivity (Wildman–Crippen MR) is 136 cm³/mol. The van der Waals surface area contributed by atoms with E-state index < -0.39 is 5.54 Å². The standard InChI is InChI=1S/C29H29N3O3/c1-19-7-8-22(35-18-21-9-13-32(21)2)17-24(19)28(33)31-29(10-11-29)25-15-20(27-6-4-14-34-27)16-26-23(25)5-3-12-30-26/h3-8,12,14-17,21H,9-11,13,18H2,1-2H3,(H,31,33). The molecule has 1 saturated carbocycles. The fourth-order valence-electron chi connectivity index (χ4n) is 4.94. The Balaban J connectivity index is 1.29. The van der Waals surface area contributed by atoms with Gasteiger partial charge in [-0.2, -0.15) is 0 Å². The fourth-order valence-corrected chi connectivity index (χ4v) is 4.94. The van der Waals surface area contributed by atoms with E-state index in [4.69, 9.17) is 9.15 Å². The van der Waals surface area contributed by atoms with Crippen molar-refractivity contribution >= 4 is 16.8 Å². The van der Waals surface area contributed by atoms with Crippen LogP contribution in [0.1, 0.15) is 40.7 Å². The molecule has 1 saturated heterocycles. The molecule has 6 nitrogen and oxygen atoms in total. The number of likely N-dealkylation sites (N-methyl/N-ethyl adjacent to an activating group) is 1. The minimum atomic E-state index is -0.418. The molecule has 0 radical (unpaired) electrons.